The Morgan fingerprint density at radius 3 is 1.26 bits per heavy atom. The quantitative estimate of drug-likeness (QED) is 0.0849. The highest BCUT2D eigenvalue weighted by atomic mass is 128. The Morgan fingerprint density at radius 2 is 0.864 bits per heavy atom. The fraction of sp³-hybridized carbons (Fsp3) is 0.194. The van der Waals surface area contributed by atoms with Gasteiger partial charge in [-0.3, -0.25) is 4.79 Å². The van der Waals surface area contributed by atoms with Gasteiger partial charge in [-0.15, -0.1) is 24.0 Å². The summed E-state index contributed by atoms with van der Waals surface area (Å²) in [5.74, 6) is 3.22. The summed E-state index contributed by atoms with van der Waals surface area (Å²) in [4.78, 5) is 43.9. The first-order chi connectivity index (χ1) is 38.9. The third-order valence-electron chi connectivity index (χ3n) is 15.0. The van der Waals surface area contributed by atoms with Crippen LogP contribution < -0.4 is 0 Å². The van der Waals surface area contributed by atoms with Crippen molar-refractivity contribution < 1.29 is 14.7 Å². The van der Waals surface area contributed by atoms with E-state index in [9.17, 15) is 14.7 Å². The zero-order chi connectivity index (χ0) is 56.2. The summed E-state index contributed by atoms with van der Waals surface area (Å²) in [5.41, 5.74) is 20.0. The van der Waals surface area contributed by atoms with E-state index >= 15 is 0 Å². The highest BCUT2D eigenvalue weighted by Gasteiger charge is 2.20. The van der Waals surface area contributed by atoms with Crippen LogP contribution in [0.15, 0.2) is 170 Å². The number of carbonyl (C=O) groups is 2. The second-order valence-corrected chi connectivity index (χ2v) is 20.4. The number of nitrogens with zero attached hydrogens (tertiary/aromatic N) is 8. The van der Waals surface area contributed by atoms with E-state index in [1.807, 2.05) is 72.8 Å². The van der Waals surface area contributed by atoms with Crippen molar-refractivity contribution in [2.75, 3.05) is 0 Å². The van der Waals surface area contributed by atoms with Gasteiger partial charge in [-0.1, -0.05) is 129 Å². The van der Waals surface area contributed by atoms with Crippen LogP contribution in [0.4, 0.5) is 0 Å². The number of aromatic nitrogens is 8. The van der Waals surface area contributed by atoms with E-state index in [1.54, 1.807) is 19.1 Å². The molecule has 1 N–H and O–H groups in total. The highest BCUT2D eigenvalue weighted by Crippen LogP contribution is 2.34. The number of Topliss-reactive ketones (excluding diaryl/α,β-unsaturated/α-hetero) is 1. The van der Waals surface area contributed by atoms with Crippen LogP contribution in [-0.4, -0.2) is 55.1 Å². The summed E-state index contributed by atoms with van der Waals surface area (Å²) in [6, 6.07) is 57.0. The highest BCUT2D eigenvalue weighted by molar-refractivity contribution is 15.0. The maximum absolute atomic E-state index is 12.2. The number of hydrogen-bond acceptors (Lipinski definition) is 6. The van der Waals surface area contributed by atoms with Crippen molar-refractivity contribution in [1.82, 2.24) is 38.2 Å². The van der Waals surface area contributed by atoms with Gasteiger partial charge in [0.2, 0.25) is 0 Å². The molecule has 0 radical (unpaired) electrons. The van der Waals surface area contributed by atoms with Crippen LogP contribution in [0.25, 0.3) is 89.2 Å². The number of rotatable bonds is 14. The molecule has 410 valence electrons. The Hall–Kier alpha value is -7.03. The molecular weight excluding hydrogens is 1350 g/mol. The minimum atomic E-state index is -0.921. The number of benzene rings is 8. The van der Waals surface area contributed by atoms with E-state index in [0.29, 0.717) is 12.1 Å². The van der Waals surface area contributed by atoms with Gasteiger partial charge >= 0.3 is 5.97 Å². The number of halogens is 3. The van der Waals surface area contributed by atoms with Crippen molar-refractivity contribution in [2.24, 2.45) is 14.1 Å². The SMILES string of the molecule is CCCc1nc2c(C)cc(-c3nc4ccccc4n3C)cc2n1Cc1ccc(-c2ccccc2C(=O)O)cc1.CCCc1nc2c(C)cc(-c3nc4ccccc4n3C)cc2n1Cc1ccc(-c2ccccc2C(C)=O)cc1.I.II. The van der Waals surface area contributed by atoms with Gasteiger partial charge in [-0.05, 0) is 133 Å². The van der Waals surface area contributed by atoms with Crippen LogP contribution >= 0.6 is 61.2 Å². The number of carbonyl (C=O) groups excluding carboxylic acids is 1. The molecule has 0 spiro atoms. The van der Waals surface area contributed by atoms with Crippen molar-refractivity contribution in [3.63, 3.8) is 0 Å². The van der Waals surface area contributed by atoms with Gasteiger partial charge in [0.1, 0.15) is 23.3 Å². The molecule has 0 aliphatic carbocycles. The van der Waals surface area contributed by atoms with Crippen molar-refractivity contribution >= 4 is 117 Å². The Morgan fingerprint density at radius 1 is 0.481 bits per heavy atom. The van der Waals surface area contributed by atoms with Gasteiger partial charge in [-0.25, -0.2) is 24.7 Å². The molecule has 14 heteroatoms. The number of hydrogen-bond donors (Lipinski definition) is 1. The van der Waals surface area contributed by atoms with Crippen LogP contribution in [0.5, 0.6) is 0 Å². The summed E-state index contributed by atoms with van der Waals surface area (Å²) >= 11 is 4.24. The van der Waals surface area contributed by atoms with Crippen LogP contribution in [0.3, 0.4) is 0 Å². The zero-order valence-corrected chi connectivity index (χ0v) is 53.1. The number of carboxylic acids is 1. The summed E-state index contributed by atoms with van der Waals surface area (Å²) in [7, 11) is 4.14. The molecule has 0 amide bonds. The number of carboxylic acid groups (broad SMARTS) is 1. The van der Waals surface area contributed by atoms with Crippen molar-refractivity contribution in [2.45, 2.75) is 73.4 Å². The van der Waals surface area contributed by atoms with Gasteiger partial charge in [0.05, 0.1) is 49.7 Å². The lowest BCUT2D eigenvalue weighted by Gasteiger charge is -2.12. The maximum Gasteiger partial charge on any atom is 0.336 e. The molecule has 8 aromatic carbocycles. The predicted molar refractivity (Wildman–Crippen MR) is 359 cm³/mol. The average molecular weight is 1410 g/mol. The molecule has 11 nitrogen and oxygen atoms in total. The molecule has 81 heavy (non-hydrogen) atoms. The Kier molecular flexibility index (Phi) is 18.7. The first kappa shape index (κ1) is 58.6. The zero-order valence-electron chi connectivity index (χ0n) is 46.4. The fourth-order valence-electron chi connectivity index (χ4n) is 11.0. The van der Waals surface area contributed by atoms with Crippen molar-refractivity contribution in [3.8, 4) is 45.0 Å². The van der Waals surface area contributed by atoms with Gasteiger partial charge in [0.25, 0.3) is 0 Å². The molecule has 0 aliphatic rings. The van der Waals surface area contributed by atoms with Gasteiger partial charge in [0, 0.05) is 93.9 Å². The Bertz CT molecular complexity index is 3980. The topological polar surface area (TPSA) is 126 Å². The Labute approximate surface area is 512 Å². The first-order valence-electron chi connectivity index (χ1n) is 27.0. The van der Waals surface area contributed by atoms with E-state index < -0.39 is 5.97 Å². The standard InChI is InChI=1S/C34H32N4O.C33H30N4O2.I2.HI/c1-5-10-32-36-33-22(2)19-26(34-35-29-13-8-9-14-30(29)37(34)4)20-31(33)38(32)21-24-15-17-25(18-16-24)28-12-7-6-11-27(28)23(3)39;1-4-9-30-35-31-21(2)18-24(32-34-27-12-7-8-13-28(27)36(32)3)19-29(31)37(30)20-22-14-16-23(17-15-22)25-10-5-6-11-26(25)33(38)39;1-2;/h6-9,11-20H,5,10,21H2,1-4H3;5-8,10-19H,4,9,20H2,1-3H3,(H,38,39);;1H. The number of imidazole rings is 4. The molecule has 0 saturated carbocycles. The van der Waals surface area contributed by atoms with E-state index in [1.165, 1.54) is 5.56 Å². The lowest BCUT2D eigenvalue weighted by molar-refractivity contribution is 0.0697. The van der Waals surface area contributed by atoms with Crippen molar-refractivity contribution in [1.29, 1.82) is 0 Å². The summed E-state index contributed by atoms with van der Waals surface area (Å²) < 4.78 is 8.99. The number of aromatic carboxylic acids is 1. The van der Waals surface area contributed by atoms with E-state index in [2.05, 4.69) is 182 Å². The minimum Gasteiger partial charge on any atom is -0.478 e. The molecule has 4 heterocycles. The van der Waals surface area contributed by atoms with E-state index in [4.69, 9.17) is 19.9 Å². The minimum absolute atomic E-state index is 0. The van der Waals surface area contributed by atoms with Gasteiger partial charge in [0.15, 0.2) is 5.78 Å². The third kappa shape index (κ3) is 12.0. The van der Waals surface area contributed by atoms with E-state index in [0.717, 1.165) is 155 Å². The molecule has 0 unspecified atom stereocenters. The fourth-order valence-corrected chi connectivity index (χ4v) is 11.0. The third-order valence-corrected chi connectivity index (χ3v) is 15.0. The van der Waals surface area contributed by atoms with Gasteiger partial charge in [-0.2, -0.15) is 0 Å². The molecule has 0 atom stereocenters. The smallest absolute Gasteiger partial charge is 0.336 e. The second kappa shape index (κ2) is 25.8. The average Bonchev–Trinajstić information content (AvgIpc) is 4.16. The molecule has 0 saturated heterocycles. The molecule has 12 aromatic rings. The lowest BCUT2D eigenvalue weighted by Crippen LogP contribution is -2.05. The maximum atomic E-state index is 12.2. The second-order valence-electron chi connectivity index (χ2n) is 20.4. The normalized spacial score (nSPS) is 11.1. The van der Waals surface area contributed by atoms with Crippen LogP contribution in [0.2, 0.25) is 0 Å². The first-order valence-corrected chi connectivity index (χ1v) is 33.3. The summed E-state index contributed by atoms with van der Waals surface area (Å²) in [5, 5.41) is 9.60. The van der Waals surface area contributed by atoms with Crippen LogP contribution in [0.1, 0.15) is 88.2 Å². The predicted octanol–water partition coefficient (Wildman–Crippen LogP) is 17.4. The van der Waals surface area contributed by atoms with E-state index in [-0.39, 0.29) is 29.8 Å². The van der Waals surface area contributed by atoms with Crippen LogP contribution in [0, 0.1) is 13.8 Å². The monoisotopic (exact) mass is 1410 g/mol. The number of ketones is 1. The molecule has 0 aliphatic heterocycles. The molecule has 0 fully saturated rings. The Balaban J connectivity index is 0.000000188. The largest absolute Gasteiger partial charge is 0.478 e. The summed E-state index contributed by atoms with van der Waals surface area (Å²) in [6.07, 6.45) is 3.84. The van der Waals surface area contributed by atoms with Crippen LogP contribution in [-0.2, 0) is 40.0 Å². The molecule has 12 rings (SSSR count). The molecule has 0 bridgehead atoms. The number of fused-ring (bicyclic) bond motifs is 4. The molecule has 4 aromatic heterocycles. The molecular formula is C67H63I3N8O3. The van der Waals surface area contributed by atoms with Gasteiger partial charge < -0.3 is 23.4 Å². The number of aryl methyl sites for hydroxylation is 6. The summed E-state index contributed by atoms with van der Waals surface area (Å²) in [6.45, 7) is 11.7. The number of para-hydroxylation sites is 4. The lowest BCUT2D eigenvalue weighted by atomic mass is 9.97. The van der Waals surface area contributed by atoms with Crippen molar-refractivity contribution in [3.05, 3.63) is 215 Å².